The first kappa shape index (κ1) is 21.9. The van der Waals surface area contributed by atoms with E-state index >= 15 is 0 Å². The van der Waals surface area contributed by atoms with Gasteiger partial charge in [-0.3, -0.25) is 9.79 Å². The number of aliphatic imine (C=N–C) groups is 2. The summed E-state index contributed by atoms with van der Waals surface area (Å²) in [7, 11) is 0. The molecule has 1 aliphatic carbocycles. The second-order valence-corrected chi connectivity index (χ2v) is 9.25. The van der Waals surface area contributed by atoms with E-state index < -0.39 is 5.66 Å². The number of ether oxygens (including phenoxy) is 1. The van der Waals surface area contributed by atoms with Crippen molar-refractivity contribution < 1.29 is 9.53 Å². The van der Waals surface area contributed by atoms with Crippen LogP contribution in [0.4, 0.5) is 0 Å². The molecule has 1 aliphatic heterocycles. The van der Waals surface area contributed by atoms with Gasteiger partial charge in [-0.05, 0) is 57.4 Å². The standard InChI is InChI=1S/C23H33N3O2S/c1-4-5-15-28-19-13-11-17(12-14-19)21-22(26-23(2,3)25-21)29-16-20(27)24-18-9-7-6-8-10-18/h11-14,18H,4-10,15-16H2,1-3H3,(H,24,27). The summed E-state index contributed by atoms with van der Waals surface area (Å²) in [6.07, 6.45) is 8.10. The highest BCUT2D eigenvalue weighted by atomic mass is 32.2. The number of thioether (sulfide) groups is 1. The quantitative estimate of drug-likeness (QED) is 0.609. The normalized spacial score (nSPS) is 18.9. The molecule has 158 valence electrons. The number of carbonyl (C=O) groups excluding carboxylic acids is 1. The summed E-state index contributed by atoms with van der Waals surface area (Å²) in [6, 6.07) is 8.36. The molecule has 2 aliphatic rings. The highest BCUT2D eigenvalue weighted by molar-refractivity contribution is 8.16. The van der Waals surface area contributed by atoms with Gasteiger partial charge in [0.2, 0.25) is 5.91 Å². The lowest BCUT2D eigenvalue weighted by atomic mass is 9.95. The van der Waals surface area contributed by atoms with Crippen LogP contribution in [0.25, 0.3) is 0 Å². The molecule has 1 aromatic carbocycles. The van der Waals surface area contributed by atoms with E-state index in [1.54, 1.807) is 0 Å². The van der Waals surface area contributed by atoms with E-state index in [4.69, 9.17) is 14.7 Å². The second kappa shape index (κ2) is 10.3. The number of nitrogens with one attached hydrogen (secondary N) is 1. The van der Waals surface area contributed by atoms with Crippen LogP contribution in [0.15, 0.2) is 34.3 Å². The molecule has 0 unspecified atom stereocenters. The molecule has 0 aromatic heterocycles. The number of carbonyl (C=O) groups is 1. The topological polar surface area (TPSA) is 63.1 Å². The highest BCUT2D eigenvalue weighted by Crippen LogP contribution is 2.27. The van der Waals surface area contributed by atoms with E-state index in [0.29, 0.717) is 11.8 Å². The number of hydrogen-bond acceptors (Lipinski definition) is 5. The van der Waals surface area contributed by atoms with Crippen molar-refractivity contribution in [3.8, 4) is 5.75 Å². The van der Waals surface area contributed by atoms with E-state index in [9.17, 15) is 4.79 Å². The molecule has 3 rings (SSSR count). The average Bonchev–Trinajstić information content (AvgIpc) is 3.02. The summed E-state index contributed by atoms with van der Waals surface area (Å²) >= 11 is 1.48. The molecule has 5 nitrogen and oxygen atoms in total. The molecule has 1 fully saturated rings. The molecule has 0 saturated heterocycles. The van der Waals surface area contributed by atoms with Gasteiger partial charge < -0.3 is 10.1 Å². The van der Waals surface area contributed by atoms with Crippen LogP contribution in [0.2, 0.25) is 0 Å². The van der Waals surface area contributed by atoms with Gasteiger partial charge in [0.05, 0.1) is 18.1 Å². The Bertz CT molecular complexity index is 750. The molecule has 0 atom stereocenters. The van der Waals surface area contributed by atoms with Crippen LogP contribution in [0.1, 0.15) is 71.3 Å². The van der Waals surface area contributed by atoms with Crippen LogP contribution < -0.4 is 10.1 Å². The van der Waals surface area contributed by atoms with E-state index in [-0.39, 0.29) is 5.91 Å². The minimum atomic E-state index is -0.492. The lowest BCUT2D eigenvalue weighted by molar-refractivity contribution is -0.119. The fourth-order valence-corrected chi connectivity index (χ4v) is 4.57. The molecule has 1 aromatic rings. The van der Waals surface area contributed by atoms with E-state index in [1.165, 1.54) is 31.0 Å². The molecule has 0 radical (unpaired) electrons. The third-order valence-electron chi connectivity index (χ3n) is 5.17. The first-order valence-corrected chi connectivity index (χ1v) is 11.8. The average molecular weight is 416 g/mol. The number of amides is 1. The Morgan fingerprint density at radius 1 is 1.17 bits per heavy atom. The fourth-order valence-electron chi connectivity index (χ4n) is 3.63. The lowest BCUT2D eigenvalue weighted by Crippen LogP contribution is -2.37. The predicted molar refractivity (Wildman–Crippen MR) is 122 cm³/mol. The first-order chi connectivity index (χ1) is 14.0. The number of hydrogen-bond donors (Lipinski definition) is 1. The summed E-state index contributed by atoms with van der Waals surface area (Å²) in [4.78, 5) is 21.9. The van der Waals surface area contributed by atoms with E-state index in [1.807, 2.05) is 38.1 Å². The van der Waals surface area contributed by atoms with Crippen LogP contribution in [-0.2, 0) is 4.79 Å². The minimum Gasteiger partial charge on any atom is -0.494 e. The molecule has 29 heavy (non-hydrogen) atoms. The van der Waals surface area contributed by atoms with Crippen molar-refractivity contribution >= 4 is 28.4 Å². The highest BCUT2D eigenvalue weighted by Gasteiger charge is 2.29. The number of benzene rings is 1. The van der Waals surface area contributed by atoms with E-state index in [2.05, 4.69) is 12.2 Å². The van der Waals surface area contributed by atoms with Crippen molar-refractivity contribution in [2.75, 3.05) is 12.4 Å². The summed E-state index contributed by atoms with van der Waals surface area (Å²) in [5.74, 6) is 1.34. The maximum Gasteiger partial charge on any atom is 0.230 e. The van der Waals surface area contributed by atoms with E-state index in [0.717, 1.165) is 54.4 Å². The van der Waals surface area contributed by atoms with Crippen LogP contribution >= 0.6 is 11.8 Å². The predicted octanol–water partition coefficient (Wildman–Crippen LogP) is 4.98. The largest absolute Gasteiger partial charge is 0.494 e. The molecule has 1 saturated carbocycles. The Hall–Kier alpha value is -1.82. The van der Waals surface area contributed by atoms with Gasteiger partial charge in [-0.1, -0.05) is 44.4 Å². The minimum absolute atomic E-state index is 0.0910. The van der Waals surface area contributed by atoms with Crippen molar-refractivity contribution in [1.29, 1.82) is 0 Å². The zero-order valence-electron chi connectivity index (χ0n) is 17.9. The fraction of sp³-hybridized carbons (Fsp3) is 0.609. The number of nitrogens with zero attached hydrogens (tertiary/aromatic N) is 2. The SMILES string of the molecule is CCCCOc1ccc(C2=NC(C)(C)N=C2SCC(=O)NC2CCCCC2)cc1. The Balaban J connectivity index is 1.59. The van der Waals surface area contributed by atoms with Gasteiger partial charge in [-0.15, -0.1) is 0 Å². The van der Waals surface area contributed by atoms with Gasteiger partial charge in [-0.2, -0.15) is 0 Å². The molecule has 1 N–H and O–H groups in total. The van der Waals surface area contributed by atoms with Crippen LogP contribution in [0.5, 0.6) is 5.75 Å². The van der Waals surface area contributed by atoms with Gasteiger partial charge in [0, 0.05) is 11.6 Å². The molecule has 1 amide bonds. The van der Waals surface area contributed by atoms with Crippen molar-refractivity contribution in [3.63, 3.8) is 0 Å². The Labute approximate surface area is 178 Å². The van der Waals surface area contributed by atoms with Gasteiger partial charge in [0.15, 0.2) is 0 Å². The zero-order valence-corrected chi connectivity index (χ0v) is 18.7. The third kappa shape index (κ3) is 6.59. The number of rotatable bonds is 8. The molecule has 0 spiro atoms. The van der Waals surface area contributed by atoms with Crippen LogP contribution in [0, 0.1) is 0 Å². The van der Waals surface area contributed by atoms with Gasteiger partial charge >= 0.3 is 0 Å². The van der Waals surface area contributed by atoms with Gasteiger partial charge in [0.25, 0.3) is 0 Å². The zero-order chi connectivity index (χ0) is 20.7. The Kier molecular flexibility index (Phi) is 7.76. The summed E-state index contributed by atoms with van der Waals surface area (Å²) in [5, 5.41) is 4.02. The van der Waals surface area contributed by atoms with Crippen molar-refractivity contribution in [3.05, 3.63) is 29.8 Å². The molecular weight excluding hydrogens is 382 g/mol. The lowest BCUT2D eigenvalue weighted by Gasteiger charge is -2.22. The monoisotopic (exact) mass is 415 g/mol. The molecule has 0 bridgehead atoms. The maximum absolute atomic E-state index is 12.4. The van der Waals surface area contributed by atoms with Gasteiger partial charge in [0.1, 0.15) is 16.5 Å². The molecule has 6 heteroatoms. The van der Waals surface area contributed by atoms with Crippen molar-refractivity contribution in [2.45, 2.75) is 77.4 Å². The maximum atomic E-state index is 12.4. The van der Waals surface area contributed by atoms with Crippen LogP contribution in [0.3, 0.4) is 0 Å². The Morgan fingerprint density at radius 2 is 1.90 bits per heavy atom. The summed E-state index contributed by atoms with van der Waals surface area (Å²) in [5.41, 5.74) is 1.39. The molecule has 1 heterocycles. The molecular formula is C23H33N3O2S. The second-order valence-electron chi connectivity index (χ2n) is 8.29. The third-order valence-corrected chi connectivity index (χ3v) is 6.13. The van der Waals surface area contributed by atoms with Crippen LogP contribution in [-0.4, -0.2) is 40.7 Å². The smallest absolute Gasteiger partial charge is 0.230 e. The summed E-state index contributed by atoms with van der Waals surface area (Å²) in [6.45, 7) is 6.87. The first-order valence-electron chi connectivity index (χ1n) is 10.8. The summed E-state index contributed by atoms with van der Waals surface area (Å²) < 4.78 is 5.75. The van der Waals surface area contributed by atoms with Crippen molar-refractivity contribution in [2.24, 2.45) is 9.98 Å². The van der Waals surface area contributed by atoms with Crippen molar-refractivity contribution in [1.82, 2.24) is 5.32 Å². The number of unbranched alkanes of at least 4 members (excludes halogenated alkanes) is 1. The van der Waals surface area contributed by atoms with Gasteiger partial charge in [-0.25, -0.2) is 4.99 Å². The Morgan fingerprint density at radius 3 is 2.59 bits per heavy atom.